The normalized spacial score (nSPS) is 9.29. The summed E-state index contributed by atoms with van der Waals surface area (Å²) in [7, 11) is 0. The van der Waals surface area contributed by atoms with E-state index >= 15 is 0 Å². The number of benzene rings is 3. The molecule has 0 aliphatic heterocycles. The highest BCUT2D eigenvalue weighted by Crippen LogP contribution is 2.09. The van der Waals surface area contributed by atoms with Crippen LogP contribution in [0.25, 0.3) is 0 Å². The van der Waals surface area contributed by atoms with Gasteiger partial charge in [0.05, 0.1) is 12.8 Å². The van der Waals surface area contributed by atoms with E-state index in [4.69, 9.17) is 20.4 Å². The smallest absolute Gasteiger partial charge is 0.322 e. The van der Waals surface area contributed by atoms with Gasteiger partial charge in [-0.05, 0) is 35.4 Å². The van der Waals surface area contributed by atoms with Crippen LogP contribution in [-0.2, 0) is 27.2 Å². The lowest BCUT2D eigenvalue weighted by Crippen LogP contribution is -2.29. The summed E-state index contributed by atoms with van der Waals surface area (Å²) < 4.78 is 0. The van der Waals surface area contributed by atoms with E-state index in [0.29, 0.717) is 11.1 Å². The van der Waals surface area contributed by atoms with Crippen molar-refractivity contribution in [1.29, 1.82) is 0 Å². The molecule has 0 saturated carbocycles. The Morgan fingerprint density at radius 3 is 1.47 bits per heavy atom. The number of phenols is 1. The van der Waals surface area contributed by atoms with Gasteiger partial charge < -0.3 is 25.7 Å². The van der Waals surface area contributed by atoms with Gasteiger partial charge in [0.15, 0.2) is 0 Å². The third-order valence-corrected chi connectivity index (χ3v) is 3.93. The largest absolute Gasteiger partial charge is 0.508 e. The van der Waals surface area contributed by atoms with Crippen molar-refractivity contribution >= 4 is 23.8 Å². The molecule has 9 nitrogen and oxygen atoms in total. The molecule has 178 valence electrons. The summed E-state index contributed by atoms with van der Waals surface area (Å²) >= 11 is 0. The Bertz CT molecular complexity index is 1050. The third-order valence-electron chi connectivity index (χ3n) is 3.93. The third kappa shape index (κ3) is 12.9. The summed E-state index contributed by atoms with van der Waals surface area (Å²) in [6, 6.07) is 23.7. The molecular weight excluding hydrogens is 442 g/mol. The molecule has 0 aromatic heterocycles. The second-order valence-corrected chi connectivity index (χ2v) is 6.74. The Hall–Kier alpha value is -4.66. The van der Waals surface area contributed by atoms with Crippen molar-refractivity contribution in [3.8, 4) is 5.75 Å². The molecular formula is C25H25NO8. The highest BCUT2D eigenvalue weighted by Gasteiger charge is 2.05. The molecule has 3 aromatic carbocycles. The van der Waals surface area contributed by atoms with E-state index in [0.717, 1.165) is 5.56 Å². The zero-order valence-electron chi connectivity index (χ0n) is 18.1. The Kier molecular flexibility index (Phi) is 12.2. The molecule has 1 amide bonds. The van der Waals surface area contributed by atoms with Gasteiger partial charge in [0, 0.05) is 5.56 Å². The number of nitrogens with one attached hydrogen (secondary N) is 1. The number of rotatable bonds is 7. The standard InChI is InChI=1S/C9H9NO3.C8H8O3.C8H8O2/c11-8(12)6-10-9(13)7-4-2-1-3-5-7;9-7-3-1-6(2-4-7)5-8(10)11;9-8(10)6-7-4-2-1-3-5-7/h1-5H,6H2,(H,10,13)(H,11,12);1-4,9H,5H2,(H,10,11);1-5H,6H2,(H,9,10). The number of hydrogen-bond acceptors (Lipinski definition) is 5. The van der Waals surface area contributed by atoms with Gasteiger partial charge in [0.25, 0.3) is 5.91 Å². The van der Waals surface area contributed by atoms with E-state index in [-0.39, 0.29) is 31.0 Å². The number of carboxylic acids is 3. The molecule has 9 heteroatoms. The number of hydrogen-bond donors (Lipinski definition) is 5. The number of aromatic hydroxyl groups is 1. The minimum absolute atomic E-state index is 0.000278. The molecule has 0 aliphatic rings. The highest BCUT2D eigenvalue weighted by atomic mass is 16.4. The summed E-state index contributed by atoms with van der Waals surface area (Å²) in [5.74, 6) is -2.92. The average Bonchev–Trinajstić information content (AvgIpc) is 2.80. The number of carboxylic acid groups (broad SMARTS) is 3. The molecule has 0 spiro atoms. The van der Waals surface area contributed by atoms with E-state index < -0.39 is 17.9 Å². The lowest BCUT2D eigenvalue weighted by Gasteiger charge is -2.00. The van der Waals surface area contributed by atoms with Crippen molar-refractivity contribution in [2.45, 2.75) is 12.8 Å². The maximum absolute atomic E-state index is 11.2. The van der Waals surface area contributed by atoms with Gasteiger partial charge in [-0.25, -0.2) is 0 Å². The van der Waals surface area contributed by atoms with Crippen molar-refractivity contribution in [3.05, 3.63) is 102 Å². The fourth-order valence-corrected chi connectivity index (χ4v) is 2.41. The number of aliphatic carboxylic acids is 3. The van der Waals surface area contributed by atoms with Gasteiger partial charge in [0.2, 0.25) is 0 Å². The maximum atomic E-state index is 11.2. The summed E-state index contributed by atoms with van der Waals surface area (Å²) in [5, 5.41) is 36.1. The number of phenolic OH excluding ortho intramolecular Hbond substituents is 1. The minimum Gasteiger partial charge on any atom is -0.508 e. The van der Waals surface area contributed by atoms with Gasteiger partial charge >= 0.3 is 17.9 Å². The van der Waals surface area contributed by atoms with Crippen LogP contribution in [-0.4, -0.2) is 50.8 Å². The Balaban J connectivity index is 0.000000257. The van der Waals surface area contributed by atoms with Crippen molar-refractivity contribution in [2.75, 3.05) is 6.54 Å². The van der Waals surface area contributed by atoms with Crippen LogP contribution in [0.1, 0.15) is 21.5 Å². The number of carbonyl (C=O) groups is 4. The molecule has 0 heterocycles. The number of carbonyl (C=O) groups excluding carboxylic acids is 1. The summed E-state index contributed by atoms with van der Waals surface area (Å²) in [5.41, 5.74) is 1.99. The van der Waals surface area contributed by atoms with Gasteiger partial charge in [-0.1, -0.05) is 60.7 Å². The predicted molar refractivity (Wildman–Crippen MR) is 124 cm³/mol. The zero-order valence-corrected chi connectivity index (χ0v) is 18.1. The van der Waals surface area contributed by atoms with E-state index in [1.54, 1.807) is 54.6 Å². The first-order chi connectivity index (χ1) is 16.2. The molecule has 5 N–H and O–H groups in total. The topological polar surface area (TPSA) is 161 Å². The molecule has 0 unspecified atom stereocenters. The van der Waals surface area contributed by atoms with Gasteiger partial charge in [0.1, 0.15) is 12.3 Å². The summed E-state index contributed by atoms with van der Waals surface area (Å²) in [6.45, 7) is -0.353. The predicted octanol–water partition coefficient (Wildman–Crippen LogP) is 2.83. The van der Waals surface area contributed by atoms with Crippen LogP contribution < -0.4 is 5.32 Å². The molecule has 0 aliphatic carbocycles. The molecule has 0 atom stereocenters. The first-order valence-corrected chi connectivity index (χ1v) is 9.97. The lowest BCUT2D eigenvalue weighted by atomic mass is 10.1. The molecule has 0 fully saturated rings. The molecule has 3 rings (SSSR count). The number of amides is 1. The van der Waals surface area contributed by atoms with Crippen LogP contribution in [0.15, 0.2) is 84.9 Å². The van der Waals surface area contributed by atoms with Gasteiger partial charge in [-0.3, -0.25) is 19.2 Å². The van der Waals surface area contributed by atoms with Crippen LogP contribution in [0.2, 0.25) is 0 Å². The summed E-state index contributed by atoms with van der Waals surface area (Å²) in [6.07, 6.45) is 0.112. The van der Waals surface area contributed by atoms with Gasteiger partial charge in [-0.15, -0.1) is 0 Å². The van der Waals surface area contributed by atoms with Crippen molar-refractivity contribution in [1.82, 2.24) is 5.32 Å². The Morgan fingerprint density at radius 1 is 0.588 bits per heavy atom. The molecule has 3 aromatic rings. The van der Waals surface area contributed by atoms with E-state index in [2.05, 4.69) is 5.32 Å². The molecule has 0 saturated heterocycles. The fraction of sp³-hybridized carbons (Fsp3) is 0.120. The van der Waals surface area contributed by atoms with Crippen LogP contribution in [0.4, 0.5) is 0 Å². The molecule has 0 radical (unpaired) electrons. The van der Waals surface area contributed by atoms with Gasteiger partial charge in [-0.2, -0.15) is 0 Å². The van der Waals surface area contributed by atoms with E-state index in [1.165, 1.54) is 12.1 Å². The minimum atomic E-state index is -1.05. The van der Waals surface area contributed by atoms with Crippen LogP contribution in [0.5, 0.6) is 5.75 Å². The Morgan fingerprint density at radius 2 is 1.03 bits per heavy atom. The van der Waals surface area contributed by atoms with Crippen molar-refractivity contribution in [3.63, 3.8) is 0 Å². The first kappa shape index (κ1) is 27.4. The summed E-state index contributed by atoms with van der Waals surface area (Å²) in [4.78, 5) is 41.7. The van der Waals surface area contributed by atoms with Crippen molar-refractivity contribution in [2.24, 2.45) is 0 Å². The zero-order chi connectivity index (χ0) is 25.3. The first-order valence-electron chi connectivity index (χ1n) is 9.97. The Labute approximate surface area is 195 Å². The SMILES string of the molecule is O=C(O)CNC(=O)c1ccccc1.O=C(O)Cc1ccc(O)cc1.O=C(O)Cc1ccccc1. The van der Waals surface area contributed by atoms with Crippen molar-refractivity contribution < 1.29 is 39.6 Å². The average molecular weight is 467 g/mol. The highest BCUT2D eigenvalue weighted by molar-refractivity contribution is 5.95. The van der Waals surface area contributed by atoms with Crippen LogP contribution >= 0.6 is 0 Å². The maximum Gasteiger partial charge on any atom is 0.322 e. The molecule has 34 heavy (non-hydrogen) atoms. The van der Waals surface area contributed by atoms with E-state index in [1.807, 2.05) is 18.2 Å². The van der Waals surface area contributed by atoms with Crippen LogP contribution in [0.3, 0.4) is 0 Å². The fourth-order valence-electron chi connectivity index (χ4n) is 2.41. The second kappa shape index (κ2) is 15.2. The van der Waals surface area contributed by atoms with Crippen LogP contribution in [0, 0.1) is 0 Å². The molecule has 0 bridgehead atoms. The lowest BCUT2D eigenvalue weighted by molar-refractivity contribution is -0.137. The quantitative estimate of drug-likeness (QED) is 0.354. The second-order valence-electron chi connectivity index (χ2n) is 6.74. The monoisotopic (exact) mass is 467 g/mol. The van der Waals surface area contributed by atoms with E-state index in [9.17, 15) is 19.2 Å².